The van der Waals surface area contributed by atoms with Gasteiger partial charge in [0.15, 0.2) is 12.4 Å². The molecule has 4 heteroatoms. The molecule has 1 heterocycles. The van der Waals surface area contributed by atoms with Gasteiger partial charge in [0.25, 0.3) is 0 Å². The summed E-state index contributed by atoms with van der Waals surface area (Å²) in [5.74, 6) is 0. The molecule has 0 spiro atoms. The summed E-state index contributed by atoms with van der Waals surface area (Å²) in [6.45, 7) is 0.358. The zero-order chi connectivity index (χ0) is 7.23. The maximum absolute atomic E-state index is 7.97. The molecule has 0 N–H and O–H groups in total. The van der Waals surface area contributed by atoms with Crippen LogP contribution >= 0.6 is 0 Å². The van der Waals surface area contributed by atoms with Crippen LogP contribution in [0.3, 0.4) is 0 Å². The van der Waals surface area contributed by atoms with E-state index in [1.807, 2.05) is 30.6 Å². The van der Waals surface area contributed by atoms with E-state index in [9.17, 15) is 0 Å². The molecule has 0 bridgehead atoms. The van der Waals surface area contributed by atoms with Crippen LogP contribution in [0.1, 0.15) is 0 Å². The minimum Gasteiger partial charge on any atom is -0.199 e. The van der Waals surface area contributed by atoms with Gasteiger partial charge in [0.2, 0.25) is 6.67 Å². The predicted octanol–water partition coefficient (Wildman–Crippen LogP) is 1.24. The van der Waals surface area contributed by atoms with Gasteiger partial charge in [-0.3, -0.25) is 0 Å². The third-order valence-electron chi connectivity index (χ3n) is 1.07. The number of azide groups is 1. The molecule has 0 amide bonds. The Balaban J connectivity index is 2.67. The van der Waals surface area contributed by atoms with Gasteiger partial charge in [0, 0.05) is 17.0 Å². The lowest BCUT2D eigenvalue weighted by atomic mass is 10.5. The second kappa shape index (κ2) is 3.48. The number of hydrogen-bond donors (Lipinski definition) is 0. The Bertz CT molecular complexity index is 237. The SMILES string of the molecule is [N-]=[N+]=NC[n+]1ccccc1. The van der Waals surface area contributed by atoms with E-state index in [1.54, 1.807) is 4.57 Å². The highest BCUT2D eigenvalue weighted by Gasteiger charge is 1.90. The van der Waals surface area contributed by atoms with Crippen LogP contribution in [0.2, 0.25) is 0 Å². The smallest absolute Gasteiger partial charge is 0.199 e. The second-order valence-corrected chi connectivity index (χ2v) is 1.76. The number of hydrogen-bond acceptors (Lipinski definition) is 1. The molecular formula is C6H7N4+. The van der Waals surface area contributed by atoms with Gasteiger partial charge in [-0.25, -0.2) is 0 Å². The number of rotatable bonds is 2. The van der Waals surface area contributed by atoms with Crippen molar-refractivity contribution in [2.45, 2.75) is 6.67 Å². The third kappa shape index (κ3) is 1.76. The molecule has 0 radical (unpaired) electrons. The molecule has 0 aliphatic heterocycles. The fourth-order valence-corrected chi connectivity index (χ4v) is 0.630. The predicted molar refractivity (Wildman–Crippen MR) is 35.8 cm³/mol. The molecule has 0 aliphatic carbocycles. The molecule has 1 aromatic heterocycles. The lowest BCUT2D eigenvalue weighted by molar-refractivity contribution is -0.695. The Kier molecular flexibility index (Phi) is 2.29. The highest BCUT2D eigenvalue weighted by atomic mass is 15.2. The Morgan fingerprint density at radius 2 is 2.00 bits per heavy atom. The van der Waals surface area contributed by atoms with Gasteiger partial charge in [-0.2, -0.15) is 4.57 Å². The molecule has 0 fully saturated rings. The molecule has 1 rings (SSSR count). The van der Waals surface area contributed by atoms with Gasteiger partial charge < -0.3 is 0 Å². The van der Waals surface area contributed by atoms with Crippen molar-refractivity contribution in [3.05, 3.63) is 41.0 Å². The Morgan fingerprint density at radius 3 is 2.60 bits per heavy atom. The zero-order valence-electron chi connectivity index (χ0n) is 5.38. The first-order chi connectivity index (χ1) is 4.93. The molecular weight excluding hydrogens is 128 g/mol. The van der Waals surface area contributed by atoms with Crippen molar-refractivity contribution in [1.29, 1.82) is 0 Å². The summed E-state index contributed by atoms with van der Waals surface area (Å²) in [7, 11) is 0. The summed E-state index contributed by atoms with van der Waals surface area (Å²) in [5, 5.41) is 3.39. The van der Waals surface area contributed by atoms with Crippen LogP contribution in [0.5, 0.6) is 0 Å². The van der Waals surface area contributed by atoms with E-state index < -0.39 is 0 Å². The molecule has 50 valence electrons. The van der Waals surface area contributed by atoms with Crippen LogP contribution in [0, 0.1) is 0 Å². The van der Waals surface area contributed by atoms with Gasteiger partial charge in [-0.1, -0.05) is 6.07 Å². The van der Waals surface area contributed by atoms with E-state index in [2.05, 4.69) is 10.0 Å². The molecule has 1 aromatic rings. The molecule has 0 aliphatic rings. The minimum atomic E-state index is 0.358. The summed E-state index contributed by atoms with van der Waals surface area (Å²) < 4.78 is 1.79. The van der Waals surface area contributed by atoms with Crippen LogP contribution in [0.4, 0.5) is 0 Å². The van der Waals surface area contributed by atoms with Crippen LogP contribution in [-0.4, -0.2) is 0 Å². The summed E-state index contributed by atoms with van der Waals surface area (Å²) in [6, 6.07) is 5.67. The molecule has 0 saturated carbocycles. The van der Waals surface area contributed by atoms with E-state index >= 15 is 0 Å². The van der Waals surface area contributed by atoms with Gasteiger partial charge >= 0.3 is 0 Å². The first kappa shape index (κ1) is 6.58. The fraction of sp³-hybridized carbons (Fsp3) is 0.167. The molecule has 0 aromatic carbocycles. The lowest BCUT2D eigenvalue weighted by Gasteiger charge is -1.85. The van der Waals surface area contributed by atoms with Gasteiger partial charge in [0.05, 0.1) is 0 Å². The Hall–Kier alpha value is -1.54. The monoisotopic (exact) mass is 135 g/mol. The van der Waals surface area contributed by atoms with E-state index in [4.69, 9.17) is 5.53 Å². The van der Waals surface area contributed by atoms with Crippen molar-refractivity contribution in [3.8, 4) is 0 Å². The summed E-state index contributed by atoms with van der Waals surface area (Å²) in [6.07, 6.45) is 3.68. The van der Waals surface area contributed by atoms with E-state index in [-0.39, 0.29) is 0 Å². The first-order valence-electron chi connectivity index (χ1n) is 2.88. The normalized spacial score (nSPS) is 8.40. The molecule has 0 unspecified atom stereocenters. The van der Waals surface area contributed by atoms with Gasteiger partial charge in [0.1, 0.15) is 0 Å². The number of nitrogens with zero attached hydrogens (tertiary/aromatic N) is 4. The zero-order valence-corrected chi connectivity index (χ0v) is 5.38. The van der Waals surface area contributed by atoms with Gasteiger partial charge in [-0.05, 0) is 10.6 Å². The third-order valence-corrected chi connectivity index (χ3v) is 1.07. The molecule has 0 atom stereocenters. The van der Waals surface area contributed by atoms with Crippen LogP contribution < -0.4 is 4.57 Å². The van der Waals surface area contributed by atoms with Gasteiger partial charge in [-0.15, -0.1) is 0 Å². The highest BCUT2D eigenvalue weighted by molar-refractivity contribution is 4.83. The number of pyridine rings is 1. The van der Waals surface area contributed by atoms with E-state index in [1.165, 1.54) is 0 Å². The maximum Gasteiger partial charge on any atom is 0.227 e. The van der Waals surface area contributed by atoms with Crippen molar-refractivity contribution < 1.29 is 4.57 Å². The summed E-state index contributed by atoms with van der Waals surface area (Å²) in [4.78, 5) is 2.64. The molecule has 4 nitrogen and oxygen atoms in total. The fourth-order valence-electron chi connectivity index (χ4n) is 0.630. The first-order valence-corrected chi connectivity index (χ1v) is 2.88. The maximum atomic E-state index is 7.97. The van der Waals surface area contributed by atoms with Crippen molar-refractivity contribution in [3.63, 3.8) is 0 Å². The van der Waals surface area contributed by atoms with Crippen molar-refractivity contribution >= 4 is 0 Å². The largest absolute Gasteiger partial charge is 0.227 e. The summed E-state index contributed by atoms with van der Waals surface area (Å²) >= 11 is 0. The minimum absolute atomic E-state index is 0.358. The topological polar surface area (TPSA) is 52.6 Å². The average Bonchev–Trinajstić information content (AvgIpc) is 2.03. The summed E-state index contributed by atoms with van der Waals surface area (Å²) in [5.41, 5.74) is 7.97. The molecule has 0 saturated heterocycles. The van der Waals surface area contributed by atoms with Crippen LogP contribution in [-0.2, 0) is 6.67 Å². The number of aromatic nitrogens is 1. The van der Waals surface area contributed by atoms with E-state index in [0.717, 1.165) is 0 Å². The average molecular weight is 135 g/mol. The standard InChI is InChI=1S/C6H7N4/c7-9-8-6-10-4-2-1-3-5-10/h1-5H,6H2/q+1. The molecule has 10 heavy (non-hydrogen) atoms. The van der Waals surface area contributed by atoms with E-state index in [0.29, 0.717) is 6.67 Å². The Morgan fingerprint density at radius 1 is 1.30 bits per heavy atom. The Labute approximate surface area is 58.4 Å². The highest BCUT2D eigenvalue weighted by Crippen LogP contribution is 1.77. The second-order valence-electron chi connectivity index (χ2n) is 1.76. The van der Waals surface area contributed by atoms with Crippen molar-refractivity contribution in [2.75, 3.05) is 0 Å². The van der Waals surface area contributed by atoms with Crippen LogP contribution in [0.15, 0.2) is 35.7 Å². The van der Waals surface area contributed by atoms with Crippen molar-refractivity contribution in [2.24, 2.45) is 5.11 Å². The lowest BCUT2D eigenvalue weighted by Crippen LogP contribution is -2.30. The quantitative estimate of drug-likeness (QED) is 0.253. The van der Waals surface area contributed by atoms with Crippen molar-refractivity contribution in [1.82, 2.24) is 0 Å². The van der Waals surface area contributed by atoms with Crippen LogP contribution in [0.25, 0.3) is 10.4 Å².